The molecule has 0 spiro atoms. The molecule has 4 nitrogen and oxygen atoms in total. The lowest BCUT2D eigenvalue weighted by Crippen LogP contribution is -2.15. The molecular weight excluding hydrogens is 319 g/mol. The van der Waals surface area contributed by atoms with Crippen LogP contribution in [-0.2, 0) is 6.54 Å². The molecule has 0 amide bonds. The lowest BCUT2D eigenvalue weighted by atomic mass is 10.0. The highest BCUT2D eigenvalue weighted by Crippen LogP contribution is 2.13. The Balaban J connectivity index is 1.73. The molecule has 0 aliphatic rings. The van der Waals surface area contributed by atoms with E-state index in [1.807, 2.05) is 30.3 Å². The van der Waals surface area contributed by atoms with Crippen molar-refractivity contribution in [3.63, 3.8) is 0 Å². The number of hydrogen-bond acceptors (Lipinski definition) is 4. The van der Waals surface area contributed by atoms with Crippen molar-refractivity contribution in [1.29, 1.82) is 0 Å². The molecule has 0 saturated heterocycles. The summed E-state index contributed by atoms with van der Waals surface area (Å²) in [4.78, 5) is 28.7. The summed E-state index contributed by atoms with van der Waals surface area (Å²) in [6, 6.07) is 17.7. The van der Waals surface area contributed by atoms with E-state index in [2.05, 4.69) is 10.3 Å². The molecule has 5 heteroatoms. The molecule has 1 N–H and O–H groups in total. The van der Waals surface area contributed by atoms with Crippen LogP contribution in [-0.4, -0.2) is 16.6 Å². The number of anilines is 1. The van der Waals surface area contributed by atoms with Gasteiger partial charge in [0.25, 0.3) is 0 Å². The number of halogens is 1. The predicted octanol–water partition coefficient (Wildman–Crippen LogP) is 3.90. The summed E-state index contributed by atoms with van der Waals surface area (Å²) in [5, 5.41) is 3.12. The van der Waals surface area contributed by atoms with E-state index in [-0.39, 0.29) is 11.1 Å². The molecule has 25 heavy (non-hydrogen) atoms. The van der Waals surface area contributed by atoms with Crippen LogP contribution in [0.1, 0.15) is 26.3 Å². The fraction of sp³-hybridized carbons (Fsp3) is 0.0500. The highest BCUT2D eigenvalue weighted by molar-refractivity contribution is 6.49. The van der Waals surface area contributed by atoms with Crippen molar-refractivity contribution >= 4 is 17.4 Å². The topological polar surface area (TPSA) is 59.1 Å². The van der Waals surface area contributed by atoms with Crippen molar-refractivity contribution in [2.75, 3.05) is 5.32 Å². The van der Waals surface area contributed by atoms with Gasteiger partial charge in [-0.3, -0.25) is 9.59 Å². The first kappa shape index (κ1) is 16.5. The van der Waals surface area contributed by atoms with Crippen LogP contribution in [0.15, 0.2) is 72.9 Å². The zero-order chi connectivity index (χ0) is 17.6. The van der Waals surface area contributed by atoms with E-state index in [1.54, 1.807) is 0 Å². The van der Waals surface area contributed by atoms with Gasteiger partial charge in [-0.25, -0.2) is 9.37 Å². The van der Waals surface area contributed by atoms with Crippen LogP contribution in [0.2, 0.25) is 0 Å². The minimum Gasteiger partial charge on any atom is -0.366 e. The molecule has 1 aromatic heterocycles. The van der Waals surface area contributed by atoms with Crippen LogP contribution >= 0.6 is 0 Å². The van der Waals surface area contributed by atoms with Crippen LogP contribution < -0.4 is 5.32 Å². The molecule has 0 saturated carbocycles. The molecule has 3 aromatic rings. The van der Waals surface area contributed by atoms with E-state index in [4.69, 9.17) is 0 Å². The van der Waals surface area contributed by atoms with Gasteiger partial charge in [-0.2, -0.15) is 0 Å². The second-order valence-corrected chi connectivity index (χ2v) is 5.43. The number of rotatable bonds is 6. The van der Waals surface area contributed by atoms with Crippen molar-refractivity contribution in [3.05, 3.63) is 95.4 Å². The van der Waals surface area contributed by atoms with Crippen LogP contribution in [0.3, 0.4) is 0 Å². The number of carbonyl (C=O) groups excluding carboxylic acids is 2. The summed E-state index contributed by atoms with van der Waals surface area (Å²) in [6.07, 6.45) is 1.47. The standard InChI is InChI=1S/C20H15FN2O2/c21-17-8-6-15(7-9-17)19(24)20(25)16-10-11-22-18(12-16)23-13-14-4-2-1-3-5-14/h1-12H,13H2,(H,22,23). The lowest BCUT2D eigenvalue weighted by Gasteiger charge is -2.07. The molecule has 0 aliphatic carbocycles. The van der Waals surface area contributed by atoms with Crippen molar-refractivity contribution in [2.45, 2.75) is 6.54 Å². The first-order valence-electron chi connectivity index (χ1n) is 7.72. The predicted molar refractivity (Wildman–Crippen MR) is 93.1 cm³/mol. The molecule has 1 heterocycles. The second kappa shape index (κ2) is 7.49. The SMILES string of the molecule is O=C(C(=O)c1ccnc(NCc2ccccc2)c1)c1ccc(F)cc1. The van der Waals surface area contributed by atoms with Crippen LogP contribution in [0.25, 0.3) is 0 Å². The molecule has 124 valence electrons. The Kier molecular flexibility index (Phi) is 4.95. The molecule has 3 rings (SSSR count). The number of aromatic nitrogens is 1. The third-order valence-electron chi connectivity index (χ3n) is 3.65. The van der Waals surface area contributed by atoms with Gasteiger partial charge in [0.15, 0.2) is 0 Å². The van der Waals surface area contributed by atoms with Crippen LogP contribution in [0.4, 0.5) is 10.2 Å². The summed E-state index contributed by atoms with van der Waals surface area (Å²) >= 11 is 0. The van der Waals surface area contributed by atoms with Gasteiger partial charge in [0.1, 0.15) is 11.6 Å². The van der Waals surface area contributed by atoms with E-state index >= 15 is 0 Å². The Bertz CT molecular complexity index is 893. The van der Waals surface area contributed by atoms with Gasteiger partial charge < -0.3 is 5.32 Å². The Labute approximate surface area is 144 Å². The summed E-state index contributed by atoms with van der Waals surface area (Å²) < 4.78 is 12.9. The highest BCUT2D eigenvalue weighted by atomic mass is 19.1. The fourth-order valence-corrected chi connectivity index (χ4v) is 2.32. The van der Waals surface area contributed by atoms with Gasteiger partial charge in [-0.05, 0) is 42.0 Å². The number of benzene rings is 2. The van der Waals surface area contributed by atoms with E-state index in [9.17, 15) is 14.0 Å². The van der Waals surface area contributed by atoms with Gasteiger partial charge in [-0.1, -0.05) is 30.3 Å². The second-order valence-electron chi connectivity index (χ2n) is 5.43. The van der Waals surface area contributed by atoms with E-state index in [0.717, 1.165) is 17.7 Å². The van der Waals surface area contributed by atoms with Crippen molar-refractivity contribution < 1.29 is 14.0 Å². The summed E-state index contributed by atoms with van der Waals surface area (Å²) in [7, 11) is 0. The monoisotopic (exact) mass is 334 g/mol. The summed E-state index contributed by atoms with van der Waals surface area (Å²) in [6.45, 7) is 0.553. The Morgan fingerprint density at radius 3 is 2.28 bits per heavy atom. The van der Waals surface area contributed by atoms with Crippen LogP contribution in [0.5, 0.6) is 0 Å². The largest absolute Gasteiger partial charge is 0.366 e. The molecule has 0 unspecified atom stereocenters. The average Bonchev–Trinajstić information content (AvgIpc) is 2.67. The molecule has 0 atom stereocenters. The number of carbonyl (C=O) groups is 2. The van der Waals surface area contributed by atoms with E-state index in [0.29, 0.717) is 12.4 Å². The number of nitrogens with zero attached hydrogens (tertiary/aromatic N) is 1. The first-order chi connectivity index (χ1) is 12.1. The normalized spacial score (nSPS) is 10.3. The Hall–Kier alpha value is -3.34. The average molecular weight is 334 g/mol. The Morgan fingerprint density at radius 1 is 0.880 bits per heavy atom. The van der Waals surface area contributed by atoms with Gasteiger partial charge in [0.2, 0.25) is 11.6 Å². The van der Waals surface area contributed by atoms with E-state index in [1.165, 1.54) is 30.5 Å². The molecule has 0 radical (unpaired) electrons. The maximum Gasteiger partial charge on any atom is 0.233 e. The van der Waals surface area contributed by atoms with Crippen LogP contribution in [0, 0.1) is 5.82 Å². The number of nitrogens with one attached hydrogen (secondary N) is 1. The number of hydrogen-bond donors (Lipinski definition) is 1. The van der Waals surface area contributed by atoms with Crippen molar-refractivity contribution in [1.82, 2.24) is 4.98 Å². The fourth-order valence-electron chi connectivity index (χ4n) is 2.32. The van der Waals surface area contributed by atoms with Gasteiger partial charge in [-0.15, -0.1) is 0 Å². The molecule has 0 aliphatic heterocycles. The smallest absolute Gasteiger partial charge is 0.233 e. The molecule has 0 fully saturated rings. The van der Waals surface area contributed by atoms with Crippen molar-refractivity contribution in [2.24, 2.45) is 0 Å². The number of Topliss-reactive ketones (excluding diaryl/α,β-unsaturated/α-hetero) is 2. The Morgan fingerprint density at radius 2 is 1.56 bits per heavy atom. The molecule has 2 aromatic carbocycles. The minimum atomic E-state index is -0.680. The number of pyridine rings is 1. The maximum absolute atomic E-state index is 12.9. The molecule has 0 bridgehead atoms. The van der Waals surface area contributed by atoms with Gasteiger partial charge in [0, 0.05) is 23.9 Å². The van der Waals surface area contributed by atoms with Gasteiger partial charge >= 0.3 is 0 Å². The maximum atomic E-state index is 12.9. The first-order valence-corrected chi connectivity index (χ1v) is 7.72. The minimum absolute atomic E-state index is 0.155. The van der Waals surface area contributed by atoms with E-state index < -0.39 is 17.4 Å². The molecular formula is C20H15FN2O2. The zero-order valence-corrected chi connectivity index (χ0v) is 13.3. The third-order valence-corrected chi connectivity index (χ3v) is 3.65. The number of ketones is 2. The zero-order valence-electron chi connectivity index (χ0n) is 13.3. The lowest BCUT2D eigenvalue weighted by molar-refractivity contribution is 0.0817. The quantitative estimate of drug-likeness (QED) is 0.549. The third kappa shape index (κ3) is 4.14. The summed E-state index contributed by atoms with van der Waals surface area (Å²) in [5.41, 5.74) is 1.46. The highest BCUT2D eigenvalue weighted by Gasteiger charge is 2.18. The van der Waals surface area contributed by atoms with Gasteiger partial charge in [0.05, 0.1) is 0 Å². The summed E-state index contributed by atoms with van der Waals surface area (Å²) in [5.74, 6) is -1.29. The van der Waals surface area contributed by atoms with Crippen molar-refractivity contribution in [3.8, 4) is 0 Å².